The molecule has 1 N–H and O–H groups in total. The van der Waals surface area contributed by atoms with Crippen molar-refractivity contribution >= 4 is 5.91 Å². The van der Waals surface area contributed by atoms with Gasteiger partial charge in [0.25, 0.3) is 0 Å². The van der Waals surface area contributed by atoms with Crippen molar-refractivity contribution in [2.45, 2.75) is 25.9 Å². The molecule has 1 aromatic rings. The van der Waals surface area contributed by atoms with Crippen molar-refractivity contribution in [1.82, 2.24) is 9.80 Å². The third-order valence-corrected chi connectivity index (χ3v) is 3.58. The van der Waals surface area contributed by atoms with E-state index in [1.165, 1.54) is 0 Å². The summed E-state index contributed by atoms with van der Waals surface area (Å²) in [5, 5.41) is 9.20. The van der Waals surface area contributed by atoms with Gasteiger partial charge in [0.15, 0.2) is 0 Å². The molecule has 0 aromatic carbocycles. The van der Waals surface area contributed by atoms with Gasteiger partial charge in [0.05, 0.1) is 18.8 Å². The summed E-state index contributed by atoms with van der Waals surface area (Å²) in [6.45, 7) is 4.37. The molecule has 2 rings (SSSR count). The summed E-state index contributed by atoms with van der Waals surface area (Å²) in [7, 11) is 1.83. The Morgan fingerprint density at radius 2 is 2.26 bits per heavy atom. The van der Waals surface area contributed by atoms with Gasteiger partial charge in [0.1, 0.15) is 5.76 Å². The van der Waals surface area contributed by atoms with E-state index in [-0.39, 0.29) is 18.6 Å². The lowest BCUT2D eigenvalue weighted by atomic mass is 10.1. The zero-order chi connectivity index (χ0) is 13.8. The molecule has 5 nitrogen and oxygen atoms in total. The van der Waals surface area contributed by atoms with E-state index >= 15 is 0 Å². The van der Waals surface area contributed by atoms with Crippen molar-refractivity contribution < 1.29 is 14.3 Å². The van der Waals surface area contributed by atoms with Crippen molar-refractivity contribution in [3.05, 3.63) is 24.2 Å². The predicted molar refractivity (Wildman–Crippen MR) is 71.4 cm³/mol. The molecule has 0 spiro atoms. The van der Waals surface area contributed by atoms with E-state index in [9.17, 15) is 9.90 Å². The van der Waals surface area contributed by atoms with Crippen molar-refractivity contribution in [2.75, 3.05) is 26.7 Å². The van der Waals surface area contributed by atoms with Crippen LogP contribution in [0.15, 0.2) is 22.8 Å². The Hall–Kier alpha value is -1.33. The first kappa shape index (κ1) is 14.1. The SMILES string of the molecule is CC1CN(C)C(=O)C(CCO)N(Cc2ccco2)C1. The second kappa shape index (κ2) is 6.21. The van der Waals surface area contributed by atoms with Crippen molar-refractivity contribution in [1.29, 1.82) is 0 Å². The first-order chi connectivity index (χ1) is 9.11. The van der Waals surface area contributed by atoms with Crippen molar-refractivity contribution in [3.8, 4) is 0 Å². The normalized spacial score (nSPS) is 25.6. The topological polar surface area (TPSA) is 56.9 Å². The highest BCUT2D eigenvalue weighted by molar-refractivity contribution is 5.82. The molecule has 19 heavy (non-hydrogen) atoms. The van der Waals surface area contributed by atoms with Crippen LogP contribution in [0.25, 0.3) is 0 Å². The minimum Gasteiger partial charge on any atom is -0.468 e. The maximum absolute atomic E-state index is 12.4. The molecular weight excluding hydrogens is 244 g/mol. The molecule has 106 valence electrons. The molecule has 0 saturated carbocycles. The molecule has 0 radical (unpaired) electrons. The highest BCUT2D eigenvalue weighted by atomic mass is 16.3. The largest absolute Gasteiger partial charge is 0.468 e. The average Bonchev–Trinajstić information content (AvgIpc) is 2.83. The van der Waals surface area contributed by atoms with Crippen LogP contribution in [0.3, 0.4) is 0 Å². The number of furan rings is 1. The summed E-state index contributed by atoms with van der Waals surface area (Å²) in [6.07, 6.45) is 2.11. The summed E-state index contributed by atoms with van der Waals surface area (Å²) in [5.74, 6) is 1.35. The van der Waals surface area contributed by atoms with E-state index in [0.717, 1.165) is 18.8 Å². The number of nitrogens with zero attached hydrogens (tertiary/aromatic N) is 2. The predicted octanol–water partition coefficient (Wildman–Crippen LogP) is 0.941. The molecule has 1 saturated heterocycles. The molecule has 1 amide bonds. The number of hydrogen-bond donors (Lipinski definition) is 1. The van der Waals surface area contributed by atoms with E-state index in [2.05, 4.69) is 11.8 Å². The number of hydrogen-bond acceptors (Lipinski definition) is 4. The fourth-order valence-corrected chi connectivity index (χ4v) is 2.76. The van der Waals surface area contributed by atoms with Crippen LogP contribution in [0.5, 0.6) is 0 Å². The van der Waals surface area contributed by atoms with E-state index < -0.39 is 0 Å². The smallest absolute Gasteiger partial charge is 0.239 e. The van der Waals surface area contributed by atoms with E-state index in [1.807, 2.05) is 19.2 Å². The number of aliphatic hydroxyl groups is 1. The second-order valence-corrected chi connectivity index (χ2v) is 5.36. The van der Waals surface area contributed by atoms with E-state index in [1.54, 1.807) is 11.2 Å². The number of amides is 1. The molecule has 2 heterocycles. The molecule has 5 heteroatoms. The van der Waals surface area contributed by atoms with Crippen LogP contribution in [-0.4, -0.2) is 53.6 Å². The van der Waals surface area contributed by atoms with Crippen LogP contribution in [0.1, 0.15) is 19.1 Å². The zero-order valence-corrected chi connectivity index (χ0v) is 11.6. The molecule has 1 aliphatic rings. The van der Waals surface area contributed by atoms with Crippen LogP contribution in [0, 0.1) is 5.92 Å². The second-order valence-electron chi connectivity index (χ2n) is 5.36. The Morgan fingerprint density at radius 1 is 1.47 bits per heavy atom. The standard InChI is InChI=1S/C14H22N2O3/c1-11-8-15(2)14(18)13(5-6-17)16(9-11)10-12-4-3-7-19-12/h3-4,7,11,13,17H,5-6,8-10H2,1-2H3. The first-order valence-electron chi connectivity index (χ1n) is 6.74. The lowest BCUT2D eigenvalue weighted by Crippen LogP contribution is -2.45. The van der Waals surface area contributed by atoms with Crippen LogP contribution in [0.4, 0.5) is 0 Å². The Kier molecular flexibility index (Phi) is 4.61. The number of carbonyl (C=O) groups is 1. The lowest BCUT2D eigenvalue weighted by Gasteiger charge is -2.28. The Morgan fingerprint density at radius 3 is 2.89 bits per heavy atom. The van der Waals surface area contributed by atoms with Gasteiger partial charge in [-0.05, 0) is 24.5 Å². The van der Waals surface area contributed by atoms with E-state index in [0.29, 0.717) is 18.9 Å². The molecule has 1 fully saturated rings. The Bertz CT molecular complexity index is 405. The first-order valence-corrected chi connectivity index (χ1v) is 6.74. The molecule has 0 bridgehead atoms. The average molecular weight is 266 g/mol. The van der Waals surface area contributed by atoms with Crippen LogP contribution >= 0.6 is 0 Å². The van der Waals surface area contributed by atoms with Gasteiger partial charge in [-0.25, -0.2) is 0 Å². The molecular formula is C14H22N2O3. The Balaban J connectivity index is 2.17. The van der Waals surface area contributed by atoms with Crippen LogP contribution in [-0.2, 0) is 11.3 Å². The van der Waals surface area contributed by atoms with Gasteiger partial charge in [-0.15, -0.1) is 0 Å². The highest BCUT2D eigenvalue weighted by Gasteiger charge is 2.33. The van der Waals surface area contributed by atoms with Gasteiger partial charge in [0.2, 0.25) is 5.91 Å². The summed E-state index contributed by atoms with van der Waals surface area (Å²) in [5.41, 5.74) is 0. The highest BCUT2D eigenvalue weighted by Crippen LogP contribution is 2.19. The maximum Gasteiger partial charge on any atom is 0.239 e. The quantitative estimate of drug-likeness (QED) is 0.881. The zero-order valence-electron chi connectivity index (χ0n) is 11.6. The third kappa shape index (κ3) is 3.36. The van der Waals surface area contributed by atoms with Crippen LogP contribution in [0.2, 0.25) is 0 Å². The van der Waals surface area contributed by atoms with Crippen LogP contribution < -0.4 is 0 Å². The molecule has 1 aliphatic heterocycles. The fraction of sp³-hybridized carbons (Fsp3) is 0.643. The van der Waals surface area contributed by atoms with Gasteiger partial charge in [-0.2, -0.15) is 0 Å². The minimum absolute atomic E-state index is 0.0211. The molecule has 0 aliphatic carbocycles. The van der Waals surface area contributed by atoms with Crippen molar-refractivity contribution in [2.24, 2.45) is 5.92 Å². The number of carbonyl (C=O) groups excluding carboxylic acids is 1. The van der Waals surface area contributed by atoms with Gasteiger partial charge < -0.3 is 14.4 Å². The van der Waals surface area contributed by atoms with Gasteiger partial charge in [0, 0.05) is 26.7 Å². The number of rotatable bonds is 4. The lowest BCUT2D eigenvalue weighted by molar-refractivity contribution is -0.135. The minimum atomic E-state index is -0.259. The molecule has 2 atom stereocenters. The number of aliphatic hydroxyl groups excluding tert-OH is 1. The molecule has 1 aromatic heterocycles. The van der Waals surface area contributed by atoms with Gasteiger partial charge in [-0.3, -0.25) is 9.69 Å². The monoisotopic (exact) mass is 266 g/mol. The summed E-state index contributed by atoms with van der Waals surface area (Å²) in [4.78, 5) is 16.2. The summed E-state index contributed by atoms with van der Waals surface area (Å²) < 4.78 is 5.37. The van der Waals surface area contributed by atoms with Crippen molar-refractivity contribution in [3.63, 3.8) is 0 Å². The maximum atomic E-state index is 12.4. The third-order valence-electron chi connectivity index (χ3n) is 3.58. The van der Waals surface area contributed by atoms with Gasteiger partial charge >= 0.3 is 0 Å². The van der Waals surface area contributed by atoms with Gasteiger partial charge in [-0.1, -0.05) is 6.92 Å². The summed E-state index contributed by atoms with van der Waals surface area (Å²) >= 11 is 0. The van der Waals surface area contributed by atoms with E-state index in [4.69, 9.17) is 4.42 Å². The Labute approximate surface area is 113 Å². The fourth-order valence-electron chi connectivity index (χ4n) is 2.76. The summed E-state index contributed by atoms with van der Waals surface area (Å²) in [6, 6.07) is 3.51. The molecule has 2 unspecified atom stereocenters. The number of likely N-dealkylation sites (N-methyl/N-ethyl adjacent to an activating group) is 1.